The molecular formula is C27H28FNO6S. The van der Waals surface area contributed by atoms with Gasteiger partial charge in [-0.2, -0.15) is 0 Å². The summed E-state index contributed by atoms with van der Waals surface area (Å²) in [4.78, 5) is 0. The van der Waals surface area contributed by atoms with E-state index in [2.05, 4.69) is 0 Å². The Labute approximate surface area is 209 Å². The van der Waals surface area contributed by atoms with Crippen molar-refractivity contribution in [2.75, 3.05) is 17.7 Å². The fraction of sp³-hybridized carbons (Fsp3) is 0.259. The second-order valence-corrected chi connectivity index (χ2v) is 10.6. The zero-order valence-electron chi connectivity index (χ0n) is 20.5. The molecule has 0 atom stereocenters. The minimum atomic E-state index is -3.74. The van der Waals surface area contributed by atoms with Crippen LogP contribution in [-0.2, 0) is 23.2 Å². The van der Waals surface area contributed by atoms with Crippen LogP contribution in [0.15, 0.2) is 65.1 Å². The third-order valence-corrected chi connectivity index (χ3v) is 6.78. The summed E-state index contributed by atoms with van der Waals surface area (Å²) >= 11 is 0. The Bertz CT molecular complexity index is 1460. The van der Waals surface area contributed by atoms with E-state index >= 15 is 0 Å². The van der Waals surface area contributed by atoms with E-state index in [1.165, 1.54) is 16.4 Å². The molecule has 0 spiro atoms. The molecule has 7 nitrogen and oxygen atoms in total. The Hall–Kier alpha value is -3.56. The highest BCUT2D eigenvalue weighted by atomic mass is 32.2. The van der Waals surface area contributed by atoms with Gasteiger partial charge in [-0.15, -0.1) is 0 Å². The van der Waals surface area contributed by atoms with Gasteiger partial charge < -0.3 is 19.0 Å². The molecule has 0 amide bonds. The van der Waals surface area contributed by atoms with Crippen molar-refractivity contribution >= 4 is 26.7 Å². The van der Waals surface area contributed by atoms with Crippen LogP contribution in [-0.4, -0.2) is 33.0 Å². The number of furan rings is 1. The Morgan fingerprint density at radius 2 is 1.72 bits per heavy atom. The van der Waals surface area contributed by atoms with Gasteiger partial charge in [-0.1, -0.05) is 12.1 Å². The number of sulfonamides is 1. The first-order chi connectivity index (χ1) is 17.1. The van der Waals surface area contributed by atoms with Gasteiger partial charge in [-0.3, -0.25) is 4.31 Å². The number of aliphatic hydroxyl groups excluding tert-OH is 1. The van der Waals surface area contributed by atoms with Crippen LogP contribution in [0.25, 0.3) is 22.3 Å². The van der Waals surface area contributed by atoms with Crippen molar-refractivity contribution < 1.29 is 31.8 Å². The van der Waals surface area contributed by atoms with Gasteiger partial charge in [0.1, 0.15) is 28.7 Å². The number of hydrogen-bond donors (Lipinski definition) is 1. The number of aliphatic hydroxyl groups is 1. The molecule has 0 aliphatic rings. The lowest BCUT2D eigenvalue weighted by Gasteiger charge is -2.26. The van der Waals surface area contributed by atoms with Gasteiger partial charge in [-0.25, -0.2) is 12.8 Å². The van der Waals surface area contributed by atoms with Gasteiger partial charge in [-0.05, 0) is 61.9 Å². The van der Waals surface area contributed by atoms with Crippen molar-refractivity contribution in [2.24, 2.45) is 0 Å². The van der Waals surface area contributed by atoms with E-state index in [-0.39, 0.29) is 19.3 Å². The maximum Gasteiger partial charge on any atom is 0.232 e. The van der Waals surface area contributed by atoms with E-state index in [1.54, 1.807) is 55.6 Å². The molecule has 0 aliphatic heterocycles. The molecule has 3 aromatic carbocycles. The molecule has 1 heterocycles. The lowest BCUT2D eigenvalue weighted by Crippen LogP contribution is -2.30. The van der Waals surface area contributed by atoms with Crippen LogP contribution in [0.3, 0.4) is 0 Å². The molecule has 190 valence electrons. The van der Waals surface area contributed by atoms with E-state index in [4.69, 9.17) is 13.9 Å². The van der Waals surface area contributed by atoms with Crippen molar-refractivity contribution in [1.29, 1.82) is 0 Å². The average Bonchev–Trinajstić information content (AvgIpc) is 3.19. The van der Waals surface area contributed by atoms with Gasteiger partial charge in [0.2, 0.25) is 10.0 Å². The third-order valence-electron chi connectivity index (χ3n) is 5.65. The smallest absolute Gasteiger partial charge is 0.232 e. The second-order valence-electron chi connectivity index (χ2n) is 8.68. The lowest BCUT2D eigenvalue weighted by molar-refractivity contribution is 0.243. The largest absolute Gasteiger partial charge is 0.497 e. The number of fused-ring (bicyclic) bond motifs is 1. The predicted octanol–water partition coefficient (Wildman–Crippen LogP) is 5.49. The highest BCUT2D eigenvalue weighted by molar-refractivity contribution is 7.92. The van der Waals surface area contributed by atoms with Gasteiger partial charge >= 0.3 is 0 Å². The fourth-order valence-electron chi connectivity index (χ4n) is 3.98. The van der Waals surface area contributed by atoms with Crippen LogP contribution in [0, 0.1) is 5.82 Å². The van der Waals surface area contributed by atoms with Crippen LogP contribution in [0.2, 0.25) is 0 Å². The maximum atomic E-state index is 13.5. The first-order valence-corrected chi connectivity index (χ1v) is 13.2. The Balaban J connectivity index is 1.89. The second kappa shape index (κ2) is 10.2. The van der Waals surface area contributed by atoms with Crippen LogP contribution in [0.5, 0.6) is 11.5 Å². The molecule has 0 fully saturated rings. The highest BCUT2D eigenvalue weighted by Crippen LogP contribution is 2.42. The minimum Gasteiger partial charge on any atom is -0.497 e. The Kier molecular flexibility index (Phi) is 7.23. The minimum absolute atomic E-state index is 0.0567. The van der Waals surface area contributed by atoms with E-state index in [1.807, 2.05) is 13.8 Å². The molecule has 1 N–H and O–H groups in total. The molecule has 1 aromatic heterocycles. The zero-order chi connectivity index (χ0) is 26.0. The molecule has 4 aromatic rings. The van der Waals surface area contributed by atoms with E-state index < -0.39 is 15.8 Å². The van der Waals surface area contributed by atoms with Gasteiger partial charge in [0.25, 0.3) is 0 Å². The van der Waals surface area contributed by atoms with E-state index in [0.717, 1.165) is 11.8 Å². The summed E-state index contributed by atoms with van der Waals surface area (Å²) in [5.74, 6) is 0.979. The van der Waals surface area contributed by atoms with Crippen molar-refractivity contribution in [3.05, 3.63) is 77.6 Å². The quantitative estimate of drug-likeness (QED) is 0.318. The summed E-state index contributed by atoms with van der Waals surface area (Å²) in [6, 6.07) is 16.1. The van der Waals surface area contributed by atoms with Crippen LogP contribution < -0.4 is 13.8 Å². The van der Waals surface area contributed by atoms with Crippen molar-refractivity contribution in [2.45, 2.75) is 33.1 Å². The molecule has 4 rings (SSSR count). The molecule has 0 radical (unpaired) electrons. The molecular weight excluding hydrogens is 485 g/mol. The molecule has 0 saturated carbocycles. The van der Waals surface area contributed by atoms with Gasteiger partial charge in [0.05, 0.1) is 38.3 Å². The predicted molar refractivity (Wildman–Crippen MR) is 137 cm³/mol. The summed E-state index contributed by atoms with van der Waals surface area (Å²) in [6.07, 6.45) is 0.884. The highest BCUT2D eigenvalue weighted by Gasteiger charge is 2.26. The van der Waals surface area contributed by atoms with Crippen molar-refractivity contribution in [1.82, 2.24) is 0 Å². The Morgan fingerprint density at radius 3 is 2.28 bits per heavy atom. The summed E-state index contributed by atoms with van der Waals surface area (Å²) < 4.78 is 58.0. The number of benzene rings is 3. The number of methoxy groups -OCH3 is 1. The number of anilines is 1. The number of nitrogens with zero attached hydrogens (tertiary/aromatic N) is 1. The molecule has 36 heavy (non-hydrogen) atoms. The zero-order valence-corrected chi connectivity index (χ0v) is 21.3. The Morgan fingerprint density at radius 1 is 1.06 bits per heavy atom. The molecule has 0 aliphatic carbocycles. The first-order valence-electron chi connectivity index (χ1n) is 11.3. The lowest BCUT2D eigenvalue weighted by atomic mass is 10.1. The average molecular weight is 514 g/mol. The monoisotopic (exact) mass is 513 g/mol. The van der Waals surface area contributed by atoms with E-state index in [9.17, 15) is 17.9 Å². The van der Waals surface area contributed by atoms with Gasteiger partial charge in [0, 0.05) is 22.6 Å². The molecule has 0 unspecified atom stereocenters. The van der Waals surface area contributed by atoms with Gasteiger partial charge in [0.15, 0.2) is 0 Å². The normalized spacial score (nSPS) is 11.8. The van der Waals surface area contributed by atoms with Crippen molar-refractivity contribution in [3.63, 3.8) is 0 Å². The standard InChI is InChI=1S/C27H28FNO6S/c1-17(2)34-26-13-22-23(16-30)27(19-7-9-20(28)10-8-19)35-25(22)14-24(26)29(36(4,31)32)15-18-5-11-21(33-3)12-6-18/h5-14,17,30H,15-16H2,1-4H3. The summed E-state index contributed by atoms with van der Waals surface area (Å²) in [5, 5.41) is 10.7. The number of rotatable bonds is 9. The summed E-state index contributed by atoms with van der Waals surface area (Å²) in [6.45, 7) is 3.41. The SMILES string of the molecule is COc1ccc(CN(c2cc3oc(-c4ccc(F)cc4)c(CO)c3cc2OC(C)C)S(C)(=O)=O)cc1. The number of halogens is 1. The number of ether oxygens (including phenoxy) is 2. The van der Waals surface area contributed by atoms with Crippen LogP contribution in [0.4, 0.5) is 10.1 Å². The van der Waals surface area contributed by atoms with Crippen LogP contribution in [0.1, 0.15) is 25.0 Å². The molecule has 0 bridgehead atoms. The van der Waals surface area contributed by atoms with E-state index in [0.29, 0.717) is 45.0 Å². The first kappa shape index (κ1) is 25.5. The van der Waals surface area contributed by atoms with Crippen LogP contribution >= 0.6 is 0 Å². The molecule has 9 heteroatoms. The fourth-order valence-corrected chi connectivity index (χ4v) is 4.86. The number of hydrogen-bond acceptors (Lipinski definition) is 6. The maximum absolute atomic E-state index is 13.5. The summed E-state index contributed by atoms with van der Waals surface area (Å²) in [7, 11) is -2.17. The molecule has 0 saturated heterocycles. The third kappa shape index (κ3) is 5.32. The topological polar surface area (TPSA) is 89.2 Å². The van der Waals surface area contributed by atoms with Crippen molar-refractivity contribution in [3.8, 4) is 22.8 Å². The summed E-state index contributed by atoms with van der Waals surface area (Å²) in [5.41, 5.74) is 2.51.